The smallest absolute Gasteiger partial charge is 0.341 e. The molecule has 0 atom stereocenters. The Morgan fingerprint density at radius 2 is 1.49 bits per heavy atom. The van der Waals surface area contributed by atoms with Crippen LogP contribution in [0.4, 0.5) is 0 Å². The second kappa shape index (κ2) is 16.0. The molecular weight excluding hydrogens is 494 g/mol. The Morgan fingerprint density at radius 1 is 0.838 bits per heavy atom. The zero-order valence-electron chi connectivity index (χ0n) is 21.4. The van der Waals surface area contributed by atoms with Gasteiger partial charge in [-0.25, -0.2) is 9.78 Å². The van der Waals surface area contributed by atoms with Gasteiger partial charge in [-0.05, 0) is 30.3 Å². The highest BCUT2D eigenvalue weighted by atomic mass is 35.5. The van der Waals surface area contributed by atoms with Crippen LogP contribution >= 0.6 is 11.6 Å². The number of para-hydroxylation sites is 2. The molecule has 1 heterocycles. The number of pyridine rings is 1. The van der Waals surface area contributed by atoms with Crippen molar-refractivity contribution in [2.75, 3.05) is 20.8 Å². The van der Waals surface area contributed by atoms with E-state index in [1.807, 2.05) is 68.4 Å². The zero-order chi connectivity index (χ0) is 27.0. The SMILES string of the molecule is CC.COC.O=C(O)COc1c(Cl)cccc1COc1cccc(OCc2ccc3ccccc3n2)c1. The Morgan fingerprint density at radius 3 is 2.19 bits per heavy atom. The maximum absolute atomic E-state index is 10.8. The van der Waals surface area contributed by atoms with Crippen molar-refractivity contribution in [3.63, 3.8) is 0 Å². The van der Waals surface area contributed by atoms with Gasteiger partial charge in [-0.3, -0.25) is 0 Å². The van der Waals surface area contributed by atoms with Crippen LogP contribution in [0.1, 0.15) is 25.1 Å². The van der Waals surface area contributed by atoms with E-state index in [-0.39, 0.29) is 6.61 Å². The molecule has 4 aromatic rings. The fraction of sp³-hybridized carbons (Fsp3) is 0.241. The third-order valence-corrected chi connectivity index (χ3v) is 4.93. The highest BCUT2D eigenvalue weighted by molar-refractivity contribution is 6.32. The van der Waals surface area contributed by atoms with E-state index in [1.165, 1.54) is 0 Å². The monoisotopic (exact) mass is 525 g/mol. The highest BCUT2D eigenvalue weighted by Gasteiger charge is 2.11. The molecule has 4 rings (SSSR count). The first kappa shape index (κ1) is 29.4. The minimum absolute atomic E-state index is 0.158. The van der Waals surface area contributed by atoms with Crippen LogP contribution in [0.25, 0.3) is 10.9 Å². The molecule has 0 bridgehead atoms. The van der Waals surface area contributed by atoms with Crippen LogP contribution in [0.15, 0.2) is 78.9 Å². The Hall–Kier alpha value is -3.81. The van der Waals surface area contributed by atoms with Gasteiger partial charge in [-0.2, -0.15) is 0 Å². The number of hydrogen-bond acceptors (Lipinski definition) is 6. The van der Waals surface area contributed by atoms with E-state index in [4.69, 9.17) is 30.9 Å². The van der Waals surface area contributed by atoms with Gasteiger partial charge in [0.05, 0.1) is 16.2 Å². The van der Waals surface area contributed by atoms with Crippen LogP contribution in [0.2, 0.25) is 5.02 Å². The number of fused-ring (bicyclic) bond motifs is 1. The van der Waals surface area contributed by atoms with Crippen molar-refractivity contribution in [3.8, 4) is 17.2 Å². The molecule has 196 valence electrons. The summed E-state index contributed by atoms with van der Waals surface area (Å²) < 4.78 is 21.3. The van der Waals surface area contributed by atoms with Gasteiger partial charge < -0.3 is 24.1 Å². The number of hydrogen-bond donors (Lipinski definition) is 1. The highest BCUT2D eigenvalue weighted by Crippen LogP contribution is 2.30. The Kier molecular flexibility index (Phi) is 12.8. The Balaban J connectivity index is 0.000000898. The molecule has 0 fully saturated rings. The molecule has 0 unspecified atom stereocenters. The maximum atomic E-state index is 10.8. The number of halogens is 1. The fourth-order valence-electron chi connectivity index (χ4n) is 3.12. The number of benzene rings is 3. The molecule has 3 aromatic carbocycles. The molecule has 37 heavy (non-hydrogen) atoms. The number of carboxylic acids is 1. The van der Waals surface area contributed by atoms with Crippen molar-refractivity contribution in [2.45, 2.75) is 27.1 Å². The molecule has 0 saturated heterocycles. The van der Waals surface area contributed by atoms with E-state index < -0.39 is 12.6 Å². The quantitative estimate of drug-likeness (QED) is 0.257. The van der Waals surface area contributed by atoms with E-state index in [0.717, 1.165) is 16.6 Å². The third kappa shape index (κ3) is 9.63. The molecule has 1 N–H and O–H groups in total. The molecule has 0 aliphatic carbocycles. The van der Waals surface area contributed by atoms with Crippen molar-refractivity contribution in [1.29, 1.82) is 0 Å². The van der Waals surface area contributed by atoms with Crippen LogP contribution in [-0.2, 0) is 22.7 Å². The standard InChI is InChI=1S/C25H20ClNO5.C2H6O.C2H6/c26-22-9-3-6-18(25(22)32-16-24(28)29)14-30-20-7-4-8-21(13-20)31-15-19-12-11-17-5-1-2-10-23(17)27-19;1-3-2;1-2/h1-13H,14-16H2,(H,28,29);1-2H3;1-2H3. The minimum Gasteiger partial charge on any atom is -0.489 e. The van der Waals surface area contributed by atoms with Crippen LogP contribution in [0, 0.1) is 0 Å². The number of methoxy groups -OCH3 is 1. The number of nitrogens with zero attached hydrogens (tertiary/aromatic N) is 1. The van der Waals surface area contributed by atoms with Crippen molar-refractivity contribution in [3.05, 3.63) is 95.1 Å². The first-order chi connectivity index (χ1) is 18.0. The Labute approximate surface area is 222 Å². The van der Waals surface area contributed by atoms with Crippen LogP contribution in [0.5, 0.6) is 17.2 Å². The summed E-state index contributed by atoms with van der Waals surface area (Å²) in [6.45, 7) is 4.00. The predicted molar refractivity (Wildman–Crippen MR) is 146 cm³/mol. The summed E-state index contributed by atoms with van der Waals surface area (Å²) in [5.41, 5.74) is 2.40. The molecule has 1 aromatic heterocycles. The number of aromatic nitrogens is 1. The van der Waals surface area contributed by atoms with Crippen molar-refractivity contribution in [2.24, 2.45) is 0 Å². The summed E-state index contributed by atoms with van der Waals surface area (Å²) in [4.78, 5) is 15.4. The first-order valence-corrected chi connectivity index (χ1v) is 12.1. The van der Waals surface area contributed by atoms with Gasteiger partial charge in [0.1, 0.15) is 30.5 Å². The molecule has 0 radical (unpaired) electrons. The molecule has 0 aliphatic heterocycles. The summed E-state index contributed by atoms with van der Waals surface area (Å²) in [6, 6.07) is 24.3. The van der Waals surface area contributed by atoms with Crippen LogP contribution in [-0.4, -0.2) is 36.9 Å². The van der Waals surface area contributed by atoms with Gasteiger partial charge >= 0.3 is 5.97 Å². The van der Waals surface area contributed by atoms with Crippen molar-refractivity contribution >= 4 is 28.5 Å². The maximum Gasteiger partial charge on any atom is 0.341 e. The summed E-state index contributed by atoms with van der Waals surface area (Å²) in [7, 11) is 3.25. The van der Waals surface area contributed by atoms with E-state index >= 15 is 0 Å². The lowest BCUT2D eigenvalue weighted by Gasteiger charge is -2.13. The molecule has 0 amide bonds. The van der Waals surface area contributed by atoms with Gasteiger partial charge in [0.15, 0.2) is 6.61 Å². The lowest BCUT2D eigenvalue weighted by atomic mass is 10.2. The summed E-state index contributed by atoms with van der Waals surface area (Å²) in [5.74, 6) is 0.456. The topological polar surface area (TPSA) is 87.1 Å². The molecule has 0 saturated carbocycles. The second-order valence-corrected chi connectivity index (χ2v) is 7.77. The average molecular weight is 526 g/mol. The van der Waals surface area contributed by atoms with Crippen LogP contribution < -0.4 is 14.2 Å². The molecule has 8 heteroatoms. The molecule has 0 aliphatic rings. The summed E-state index contributed by atoms with van der Waals surface area (Å²) >= 11 is 6.16. The fourth-order valence-corrected chi connectivity index (χ4v) is 3.37. The number of carboxylic acid groups (broad SMARTS) is 1. The molecular formula is C29H32ClNO6. The van der Waals surface area contributed by atoms with Gasteiger partial charge in [-0.15, -0.1) is 0 Å². The minimum atomic E-state index is -1.08. The zero-order valence-corrected chi connectivity index (χ0v) is 22.2. The molecule has 7 nitrogen and oxygen atoms in total. The number of rotatable bonds is 9. The van der Waals surface area contributed by atoms with E-state index in [2.05, 4.69) is 9.72 Å². The second-order valence-electron chi connectivity index (χ2n) is 7.37. The van der Waals surface area contributed by atoms with Crippen molar-refractivity contribution < 1.29 is 28.8 Å². The van der Waals surface area contributed by atoms with Gasteiger partial charge in [0, 0.05) is 31.2 Å². The van der Waals surface area contributed by atoms with E-state index in [0.29, 0.717) is 34.4 Å². The Bertz CT molecular complexity index is 1260. The van der Waals surface area contributed by atoms with Crippen molar-refractivity contribution in [1.82, 2.24) is 4.98 Å². The summed E-state index contributed by atoms with van der Waals surface area (Å²) in [6.07, 6.45) is 0. The average Bonchev–Trinajstić information content (AvgIpc) is 2.92. The van der Waals surface area contributed by atoms with Crippen LogP contribution in [0.3, 0.4) is 0 Å². The largest absolute Gasteiger partial charge is 0.489 e. The number of aliphatic carboxylic acids is 1. The predicted octanol–water partition coefficient (Wildman–Crippen LogP) is 6.80. The van der Waals surface area contributed by atoms with Gasteiger partial charge in [0.2, 0.25) is 0 Å². The lowest BCUT2D eigenvalue weighted by molar-refractivity contribution is -0.139. The number of ether oxygens (including phenoxy) is 4. The molecule has 0 spiro atoms. The normalized spacial score (nSPS) is 9.86. The first-order valence-electron chi connectivity index (χ1n) is 11.7. The third-order valence-electron chi connectivity index (χ3n) is 4.63. The number of carbonyl (C=O) groups is 1. The van der Waals surface area contributed by atoms with Gasteiger partial charge in [-0.1, -0.05) is 67.9 Å². The summed E-state index contributed by atoms with van der Waals surface area (Å²) in [5, 5.41) is 10.3. The lowest BCUT2D eigenvalue weighted by Crippen LogP contribution is -2.11. The van der Waals surface area contributed by atoms with E-state index in [1.54, 1.807) is 38.5 Å². The van der Waals surface area contributed by atoms with E-state index in [9.17, 15) is 4.79 Å². The van der Waals surface area contributed by atoms with Gasteiger partial charge in [0.25, 0.3) is 0 Å².